The molecule has 0 radical (unpaired) electrons. The Morgan fingerprint density at radius 3 is 2.38 bits per heavy atom. The minimum atomic E-state index is 0.719. The Morgan fingerprint density at radius 2 is 1.92 bits per heavy atom. The molecule has 0 aliphatic rings. The van der Waals surface area contributed by atoms with Crippen molar-refractivity contribution < 1.29 is 0 Å². The predicted molar refractivity (Wildman–Crippen MR) is 61.8 cm³/mol. The van der Waals surface area contributed by atoms with Crippen LogP contribution in [0.4, 0.5) is 0 Å². The minimum Gasteiger partial charge on any atom is -0.347 e. The molecule has 13 heavy (non-hydrogen) atoms. The highest BCUT2D eigenvalue weighted by Crippen LogP contribution is 1.90. The smallest absolute Gasteiger partial charge is 0.176 e. The van der Waals surface area contributed by atoms with E-state index >= 15 is 0 Å². The third-order valence-corrected chi connectivity index (χ3v) is 2.05. The van der Waals surface area contributed by atoms with Crippen molar-refractivity contribution in [3.63, 3.8) is 0 Å². The van der Waals surface area contributed by atoms with Gasteiger partial charge in [-0.05, 0) is 12.2 Å². The second-order valence-corrected chi connectivity index (χ2v) is 2.95. The zero-order chi connectivity index (χ0) is 10.3. The Balaban J connectivity index is 4.08. The first-order valence-corrected chi connectivity index (χ1v) is 4.35. The summed E-state index contributed by atoms with van der Waals surface area (Å²) < 4.78 is 0. The van der Waals surface area contributed by atoms with Gasteiger partial charge in [0, 0.05) is 34.4 Å². The van der Waals surface area contributed by atoms with Crippen LogP contribution in [0.25, 0.3) is 0 Å². The molecule has 0 aliphatic carbocycles. The van der Waals surface area contributed by atoms with E-state index in [1.807, 2.05) is 25.2 Å². The normalized spacial score (nSPS) is 11.1. The number of hydrogen-bond donors (Lipinski definition) is 0. The molecular formula is C8H16N4S. The molecule has 0 aromatic heterocycles. The van der Waals surface area contributed by atoms with Crippen LogP contribution in [-0.4, -0.2) is 62.2 Å². The molecule has 0 aromatic carbocycles. The Labute approximate surface area is 85.0 Å². The molecule has 0 unspecified atom stereocenters. The first-order chi connectivity index (χ1) is 6.13. The van der Waals surface area contributed by atoms with Gasteiger partial charge in [0.15, 0.2) is 5.11 Å². The lowest BCUT2D eigenvalue weighted by Gasteiger charge is -2.23. The van der Waals surface area contributed by atoms with Crippen molar-refractivity contribution in [2.75, 3.05) is 34.7 Å². The minimum absolute atomic E-state index is 0.719. The number of thiocarbonyl (C=S) groups is 1. The third kappa shape index (κ3) is 4.57. The molecule has 0 N–H and O–H groups in total. The molecule has 0 aromatic rings. The van der Waals surface area contributed by atoms with E-state index in [1.54, 1.807) is 25.3 Å². The summed E-state index contributed by atoms with van der Waals surface area (Å²) in [5.41, 5.74) is 0. The molecule has 0 rings (SSSR count). The van der Waals surface area contributed by atoms with Gasteiger partial charge in [-0.1, -0.05) is 0 Å². The van der Waals surface area contributed by atoms with E-state index in [0.717, 1.165) is 11.7 Å². The van der Waals surface area contributed by atoms with Gasteiger partial charge in [0.2, 0.25) is 0 Å². The van der Waals surface area contributed by atoms with Crippen molar-refractivity contribution in [2.45, 2.75) is 0 Å². The fourth-order valence-corrected chi connectivity index (χ4v) is 0.896. The number of hydrogen-bond acceptors (Lipinski definition) is 3. The maximum absolute atomic E-state index is 5.18. The molecule has 0 bridgehead atoms. The second-order valence-electron chi connectivity index (χ2n) is 2.59. The summed E-state index contributed by atoms with van der Waals surface area (Å²) in [6.45, 7) is 0.719. The van der Waals surface area contributed by atoms with Crippen molar-refractivity contribution in [3.8, 4) is 0 Å². The lowest BCUT2D eigenvalue weighted by molar-refractivity contribution is 0.529. The highest BCUT2D eigenvalue weighted by atomic mass is 32.1. The number of nitrogens with zero attached hydrogens (tertiary/aromatic N) is 4. The van der Waals surface area contributed by atoms with Gasteiger partial charge in [-0.25, -0.2) is 0 Å². The van der Waals surface area contributed by atoms with Gasteiger partial charge in [-0.2, -0.15) is 0 Å². The topological polar surface area (TPSA) is 31.2 Å². The summed E-state index contributed by atoms with van der Waals surface area (Å²) in [5.74, 6) is 0. The summed E-state index contributed by atoms with van der Waals surface area (Å²) in [4.78, 5) is 11.5. The molecule has 0 heterocycles. The molecular weight excluding hydrogens is 184 g/mol. The number of aliphatic imine (C=N–C) groups is 2. The molecule has 0 aliphatic heterocycles. The van der Waals surface area contributed by atoms with Crippen molar-refractivity contribution in [1.29, 1.82) is 0 Å². The highest BCUT2D eigenvalue weighted by molar-refractivity contribution is 7.80. The van der Waals surface area contributed by atoms with Gasteiger partial charge in [0.05, 0.1) is 12.9 Å². The van der Waals surface area contributed by atoms with Gasteiger partial charge in [0.25, 0.3) is 0 Å². The second kappa shape index (κ2) is 6.54. The third-order valence-electron chi connectivity index (χ3n) is 1.46. The first-order valence-electron chi connectivity index (χ1n) is 3.94. The molecule has 0 spiro atoms. The van der Waals surface area contributed by atoms with Gasteiger partial charge in [-0.3, -0.25) is 9.98 Å². The van der Waals surface area contributed by atoms with E-state index in [-0.39, 0.29) is 0 Å². The van der Waals surface area contributed by atoms with E-state index in [2.05, 4.69) is 9.98 Å². The van der Waals surface area contributed by atoms with Crippen molar-refractivity contribution in [2.24, 2.45) is 9.98 Å². The lowest BCUT2D eigenvalue weighted by atomic mass is 10.6. The van der Waals surface area contributed by atoms with E-state index in [4.69, 9.17) is 12.2 Å². The maximum atomic E-state index is 5.18. The fraction of sp³-hybridized carbons (Fsp3) is 0.625. The van der Waals surface area contributed by atoms with Crippen LogP contribution in [0.2, 0.25) is 0 Å². The Hall–Kier alpha value is -0.970. The standard InChI is InChI=1S/C8H16N4S/c1-9-5-6-11(3)8(13)12(4)7-10-2/h5,7H,6H2,1-4H3. The van der Waals surface area contributed by atoms with Gasteiger partial charge >= 0.3 is 0 Å². The molecule has 0 fully saturated rings. The predicted octanol–water partition coefficient (Wildman–Crippen LogP) is 0.494. The summed E-state index contributed by atoms with van der Waals surface area (Å²) in [6, 6.07) is 0. The summed E-state index contributed by atoms with van der Waals surface area (Å²) in [7, 11) is 7.25. The largest absolute Gasteiger partial charge is 0.347 e. The van der Waals surface area contributed by atoms with Crippen LogP contribution < -0.4 is 0 Å². The molecule has 5 heteroatoms. The van der Waals surface area contributed by atoms with Crippen LogP contribution in [0.5, 0.6) is 0 Å². The van der Waals surface area contributed by atoms with Crippen LogP contribution in [0.1, 0.15) is 0 Å². The summed E-state index contributed by atoms with van der Waals surface area (Å²) >= 11 is 5.18. The fourth-order valence-electron chi connectivity index (χ4n) is 0.774. The number of rotatable bonds is 3. The van der Waals surface area contributed by atoms with E-state index in [9.17, 15) is 0 Å². The average molecular weight is 200 g/mol. The quantitative estimate of drug-likeness (QED) is 0.377. The molecule has 0 saturated carbocycles. The zero-order valence-corrected chi connectivity index (χ0v) is 9.38. The molecule has 0 saturated heterocycles. The molecule has 4 nitrogen and oxygen atoms in total. The highest BCUT2D eigenvalue weighted by Gasteiger charge is 2.05. The van der Waals surface area contributed by atoms with Crippen molar-refractivity contribution in [3.05, 3.63) is 0 Å². The zero-order valence-electron chi connectivity index (χ0n) is 8.56. The van der Waals surface area contributed by atoms with Crippen molar-refractivity contribution in [1.82, 2.24) is 9.80 Å². The van der Waals surface area contributed by atoms with E-state index < -0.39 is 0 Å². The summed E-state index contributed by atoms with van der Waals surface area (Å²) in [5, 5.41) is 0.727. The Kier molecular flexibility index (Phi) is 6.05. The van der Waals surface area contributed by atoms with Crippen molar-refractivity contribution >= 4 is 29.9 Å². The Bertz CT molecular complexity index is 212. The van der Waals surface area contributed by atoms with E-state index in [1.165, 1.54) is 0 Å². The molecule has 0 amide bonds. The van der Waals surface area contributed by atoms with Crippen LogP contribution in [-0.2, 0) is 0 Å². The van der Waals surface area contributed by atoms with Gasteiger partial charge in [0.1, 0.15) is 0 Å². The maximum Gasteiger partial charge on any atom is 0.176 e. The summed E-state index contributed by atoms with van der Waals surface area (Å²) in [6.07, 6.45) is 3.49. The van der Waals surface area contributed by atoms with Crippen LogP contribution in [0, 0.1) is 0 Å². The van der Waals surface area contributed by atoms with Gasteiger partial charge < -0.3 is 9.80 Å². The van der Waals surface area contributed by atoms with Crippen LogP contribution in [0.15, 0.2) is 9.98 Å². The monoisotopic (exact) mass is 200 g/mol. The molecule has 74 valence electrons. The molecule has 0 atom stereocenters. The van der Waals surface area contributed by atoms with Crippen LogP contribution >= 0.6 is 12.2 Å². The Morgan fingerprint density at radius 1 is 1.31 bits per heavy atom. The SMILES string of the molecule is CN=CCN(C)C(=S)N(C)C=NC. The average Bonchev–Trinajstić information content (AvgIpc) is 2.13. The van der Waals surface area contributed by atoms with Gasteiger partial charge in [-0.15, -0.1) is 0 Å². The first kappa shape index (κ1) is 12.0. The van der Waals surface area contributed by atoms with E-state index in [0.29, 0.717) is 0 Å². The van der Waals surface area contributed by atoms with Crippen LogP contribution in [0.3, 0.4) is 0 Å². The lowest BCUT2D eigenvalue weighted by Crippen LogP contribution is -2.38.